The second-order valence-corrected chi connectivity index (χ2v) is 12.7. The third-order valence-electron chi connectivity index (χ3n) is 8.23. The molecule has 0 amide bonds. The molecule has 0 aliphatic carbocycles. The van der Waals surface area contributed by atoms with Crippen LogP contribution in [0.5, 0.6) is 0 Å². The van der Waals surface area contributed by atoms with Crippen LogP contribution < -0.4 is 10.6 Å². The molecule has 0 radical (unpaired) electrons. The largest absolute Gasteiger partial charge is 0.458 e. The third-order valence-corrected chi connectivity index (χ3v) is 8.23. The fourth-order valence-electron chi connectivity index (χ4n) is 5.54. The van der Waals surface area contributed by atoms with Gasteiger partial charge < -0.3 is 14.6 Å². The Balaban J connectivity index is 1.60. The van der Waals surface area contributed by atoms with Gasteiger partial charge in [-0.2, -0.15) is 0 Å². The second kappa shape index (κ2) is 18.8. The molecule has 0 spiro atoms. The highest BCUT2D eigenvalue weighted by Gasteiger charge is 2.36. The van der Waals surface area contributed by atoms with E-state index in [1.807, 2.05) is 113 Å². The van der Waals surface area contributed by atoms with Gasteiger partial charge in [0.05, 0.1) is 17.5 Å². The molecule has 0 fully saturated rings. The predicted molar refractivity (Wildman–Crippen MR) is 185 cm³/mol. The van der Waals surface area contributed by atoms with Gasteiger partial charge in [-0.05, 0) is 60.1 Å². The number of hydrogen-bond acceptors (Lipinski definition) is 9. The summed E-state index contributed by atoms with van der Waals surface area (Å²) in [7, 11) is 0. The number of ether oxygens (including phenoxy) is 2. The molecule has 0 saturated carbocycles. The Kier molecular flexibility index (Phi) is 14.2. The monoisotopic (exact) mass is 652 g/mol. The minimum atomic E-state index is -1.03. The van der Waals surface area contributed by atoms with Crippen LogP contribution in [-0.2, 0) is 45.1 Å². The van der Waals surface area contributed by atoms with E-state index in [0.29, 0.717) is 24.2 Å². The van der Waals surface area contributed by atoms with E-state index in [2.05, 4.69) is 20.6 Å². The molecule has 0 saturated heterocycles. The standard InChI is InChI=1S/C39H48N4O5/c1-27(2)35(38(45)47-25-31-19-11-13-21-40-31)42-33(23-29-15-7-5-8-16-29)37(44)34(24-30-17-9-6-10-18-30)43-36(28(3)4)39(46)48-26-32-20-12-14-22-41-32/h5-22,27-28,33-37,42-44H,23-26H2,1-4H3/t33-,34-,35-,36-/m0/s1. The van der Waals surface area contributed by atoms with Crippen molar-refractivity contribution < 1.29 is 24.2 Å². The first-order valence-corrected chi connectivity index (χ1v) is 16.6. The number of aromatic nitrogens is 2. The second-order valence-electron chi connectivity index (χ2n) is 12.7. The molecule has 2 aromatic carbocycles. The minimum Gasteiger partial charge on any atom is -0.458 e. The summed E-state index contributed by atoms with van der Waals surface area (Å²) in [5.74, 6) is -1.13. The number of carbonyl (C=O) groups excluding carboxylic acids is 2. The highest BCUT2D eigenvalue weighted by molar-refractivity contribution is 5.76. The highest BCUT2D eigenvalue weighted by atomic mass is 16.5. The Hall–Kier alpha value is -4.44. The van der Waals surface area contributed by atoms with Crippen molar-refractivity contribution in [3.05, 3.63) is 132 Å². The average molecular weight is 653 g/mol. The molecule has 48 heavy (non-hydrogen) atoms. The first-order valence-electron chi connectivity index (χ1n) is 16.6. The van der Waals surface area contributed by atoms with E-state index >= 15 is 0 Å². The smallest absolute Gasteiger partial charge is 0.323 e. The predicted octanol–water partition coefficient (Wildman–Crippen LogP) is 5.08. The Morgan fingerprint density at radius 3 is 1.31 bits per heavy atom. The first kappa shape index (κ1) is 36.4. The molecule has 0 unspecified atom stereocenters. The van der Waals surface area contributed by atoms with Gasteiger partial charge in [0, 0.05) is 24.5 Å². The summed E-state index contributed by atoms with van der Waals surface area (Å²) in [6, 6.07) is 28.0. The van der Waals surface area contributed by atoms with Crippen molar-refractivity contribution in [1.82, 2.24) is 20.6 Å². The molecular formula is C39H48N4O5. The minimum absolute atomic E-state index is 0.0470. The number of carbonyl (C=O) groups is 2. The summed E-state index contributed by atoms with van der Waals surface area (Å²) in [6.45, 7) is 7.86. The fraction of sp³-hybridized carbons (Fsp3) is 0.385. The van der Waals surface area contributed by atoms with E-state index in [-0.39, 0.29) is 25.0 Å². The quantitative estimate of drug-likeness (QED) is 0.126. The lowest BCUT2D eigenvalue weighted by molar-refractivity contribution is -0.149. The van der Waals surface area contributed by atoms with E-state index in [1.165, 1.54) is 0 Å². The molecule has 3 N–H and O–H groups in total. The van der Waals surface area contributed by atoms with Crippen LogP contribution in [0.15, 0.2) is 109 Å². The number of aliphatic hydroxyl groups is 1. The lowest BCUT2D eigenvalue weighted by Crippen LogP contribution is -2.60. The summed E-state index contributed by atoms with van der Waals surface area (Å²) in [5, 5.41) is 19.2. The van der Waals surface area contributed by atoms with E-state index in [9.17, 15) is 14.7 Å². The third kappa shape index (κ3) is 11.4. The Morgan fingerprint density at radius 2 is 0.979 bits per heavy atom. The zero-order chi connectivity index (χ0) is 34.3. The maximum Gasteiger partial charge on any atom is 0.323 e. The molecule has 254 valence electrons. The molecule has 9 heteroatoms. The Bertz CT molecular complexity index is 1390. The number of nitrogens with zero attached hydrogens (tertiary/aromatic N) is 2. The number of aliphatic hydroxyl groups excluding tert-OH is 1. The van der Waals surface area contributed by atoms with Crippen molar-refractivity contribution in [2.24, 2.45) is 11.8 Å². The van der Waals surface area contributed by atoms with Gasteiger partial charge in [0.1, 0.15) is 25.3 Å². The maximum atomic E-state index is 13.5. The summed E-state index contributed by atoms with van der Waals surface area (Å²) in [6.07, 6.45) is 3.16. The molecular weight excluding hydrogens is 604 g/mol. The molecule has 4 atom stereocenters. The van der Waals surface area contributed by atoms with Crippen LogP contribution in [0.25, 0.3) is 0 Å². The number of nitrogens with one attached hydrogen (secondary N) is 2. The van der Waals surface area contributed by atoms with Crippen molar-refractivity contribution in [2.75, 3.05) is 0 Å². The average Bonchev–Trinajstić information content (AvgIpc) is 3.10. The van der Waals surface area contributed by atoms with Crippen LogP contribution in [0.3, 0.4) is 0 Å². The van der Waals surface area contributed by atoms with Crippen LogP contribution in [0.2, 0.25) is 0 Å². The summed E-state index contributed by atoms with van der Waals surface area (Å²) in [4.78, 5) is 35.5. The van der Waals surface area contributed by atoms with E-state index in [4.69, 9.17) is 9.47 Å². The van der Waals surface area contributed by atoms with Crippen molar-refractivity contribution in [1.29, 1.82) is 0 Å². The van der Waals surface area contributed by atoms with Gasteiger partial charge >= 0.3 is 11.9 Å². The van der Waals surface area contributed by atoms with Gasteiger partial charge in [0.2, 0.25) is 0 Å². The van der Waals surface area contributed by atoms with Crippen LogP contribution in [0.4, 0.5) is 0 Å². The van der Waals surface area contributed by atoms with Crippen molar-refractivity contribution in [2.45, 2.75) is 84.0 Å². The molecule has 0 bridgehead atoms. The molecule has 0 aliphatic heterocycles. The number of rotatable bonds is 18. The van der Waals surface area contributed by atoms with Crippen molar-refractivity contribution in [3.63, 3.8) is 0 Å². The van der Waals surface area contributed by atoms with E-state index in [0.717, 1.165) is 11.1 Å². The summed E-state index contributed by atoms with van der Waals surface area (Å²) in [5.41, 5.74) is 3.28. The number of hydrogen-bond donors (Lipinski definition) is 3. The Labute approximate surface area is 284 Å². The van der Waals surface area contributed by atoms with Crippen LogP contribution in [0, 0.1) is 11.8 Å². The molecule has 2 aromatic heterocycles. The van der Waals surface area contributed by atoms with Crippen LogP contribution in [-0.4, -0.2) is 57.3 Å². The summed E-state index contributed by atoms with van der Waals surface area (Å²) < 4.78 is 11.4. The van der Waals surface area contributed by atoms with Crippen molar-refractivity contribution >= 4 is 11.9 Å². The van der Waals surface area contributed by atoms with Gasteiger partial charge in [-0.25, -0.2) is 0 Å². The van der Waals surface area contributed by atoms with Gasteiger partial charge in [-0.3, -0.25) is 30.2 Å². The highest BCUT2D eigenvalue weighted by Crippen LogP contribution is 2.19. The SMILES string of the molecule is CC(C)[C@H](N[C@@H](Cc1ccccc1)C(O)[C@H](Cc1ccccc1)N[C@H](C(=O)OCc1ccccn1)C(C)C)C(=O)OCc1ccccn1. The van der Waals surface area contributed by atoms with Crippen LogP contribution >= 0.6 is 0 Å². The summed E-state index contributed by atoms with van der Waals surface area (Å²) >= 11 is 0. The van der Waals surface area contributed by atoms with Gasteiger partial charge in [0.15, 0.2) is 0 Å². The first-order chi connectivity index (χ1) is 23.2. The normalized spacial score (nSPS) is 14.0. The number of pyridine rings is 2. The topological polar surface area (TPSA) is 123 Å². The molecule has 4 rings (SSSR count). The van der Waals surface area contributed by atoms with E-state index < -0.39 is 42.2 Å². The molecule has 2 heterocycles. The lowest BCUT2D eigenvalue weighted by atomic mass is 9.89. The van der Waals surface area contributed by atoms with Crippen molar-refractivity contribution in [3.8, 4) is 0 Å². The van der Waals surface area contributed by atoms with Gasteiger partial charge in [0.25, 0.3) is 0 Å². The zero-order valence-electron chi connectivity index (χ0n) is 28.2. The fourth-order valence-corrected chi connectivity index (χ4v) is 5.54. The van der Waals surface area contributed by atoms with Gasteiger partial charge in [-0.15, -0.1) is 0 Å². The van der Waals surface area contributed by atoms with Gasteiger partial charge in [-0.1, -0.05) is 100 Å². The zero-order valence-corrected chi connectivity index (χ0v) is 28.2. The number of benzene rings is 2. The Morgan fingerprint density at radius 1 is 0.604 bits per heavy atom. The molecule has 4 aromatic rings. The van der Waals surface area contributed by atoms with Crippen LogP contribution in [0.1, 0.15) is 50.2 Å². The number of esters is 2. The maximum absolute atomic E-state index is 13.5. The van der Waals surface area contributed by atoms with E-state index in [1.54, 1.807) is 24.5 Å². The molecule has 9 nitrogen and oxygen atoms in total. The molecule has 0 aliphatic rings. The lowest BCUT2D eigenvalue weighted by Gasteiger charge is -2.36.